The molecular formula is C11H12ClF2NO. The van der Waals surface area contributed by atoms with Gasteiger partial charge in [0.15, 0.2) is 11.6 Å². The van der Waals surface area contributed by atoms with Crippen molar-refractivity contribution in [3.05, 3.63) is 35.4 Å². The third-order valence-electron chi connectivity index (χ3n) is 2.26. The molecule has 0 fully saturated rings. The van der Waals surface area contributed by atoms with Crippen LogP contribution < -0.4 is 0 Å². The van der Waals surface area contributed by atoms with Gasteiger partial charge in [-0.2, -0.15) is 0 Å². The van der Waals surface area contributed by atoms with Crippen molar-refractivity contribution < 1.29 is 13.6 Å². The van der Waals surface area contributed by atoms with E-state index in [4.69, 9.17) is 11.6 Å². The first kappa shape index (κ1) is 12.9. The molecule has 0 N–H and O–H groups in total. The van der Waals surface area contributed by atoms with Crippen LogP contribution in [-0.4, -0.2) is 30.3 Å². The van der Waals surface area contributed by atoms with Crippen molar-refractivity contribution >= 4 is 17.5 Å². The molecule has 1 aromatic rings. The van der Waals surface area contributed by atoms with Gasteiger partial charge in [-0.05, 0) is 24.1 Å². The second-order valence-corrected chi connectivity index (χ2v) is 3.71. The number of hydrogen-bond donors (Lipinski definition) is 0. The summed E-state index contributed by atoms with van der Waals surface area (Å²) >= 11 is 5.37. The average molecular weight is 248 g/mol. The molecule has 0 aliphatic rings. The molecule has 1 aromatic carbocycles. The molecule has 0 saturated carbocycles. The zero-order valence-corrected chi connectivity index (χ0v) is 9.60. The van der Waals surface area contributed by atoms with E-state index in [-0.39, 0.29) is 11.8 Å². The van der Waals surface area contributed by atoms with Crippen LogP contribution in [0, 0.1) is 11.6 Å². The highest BCUT2D eigenvalue weighted by Gasteiger charge is 2.07. The molecule has 0 saturated heterocycles. The van der Waals surface area contributed by atoms with Crippen molar-refractivity contribution in [3.63, 3.8) is 0 Å². The Balaban J connectivity index is 2.55. The zero-order chi connectivity index (χ0) is 12.1. The van der Waals surface area contributed by atoms with E-state index in [1.54, 1.807) is 7.05 Å². The number of hydrogen-bond acceptors (Lipinski definition) is 1. The fraction of sp³-hybridized carbons (Fsp3) is 0.364. The van der Waals surface area contributed by atoms with Gasteiger partial charge in [-0.3, -0.25) is 4.79 Å². The normalized spacial score (nSPS) is 10.2. The van der Waals surface area contributed by atoms with E-state index in [1.165, 1.54) is 11.0 Å². The maximum absolute atomic E-state index is 12.9. The molecule has 0 aromatic heterocycles. The highest BCUT2D eigenvalue weighted by molar-refractivity contribution is 6.27. The Kier molecular flexibility index (Phi) is 4.68. The average Bonchev–Trinajstić information content (AvgIpc) is 2.29. The number of amides is 1. The van der Waals surface area contributed by atoms with Crippen LogP contribution in [0.4, 0.5) is 8.78 Å². The Labute approximate surface area is 97.8 Å². The summed E-state index contributed by atoms with van der Waals surface area (Å²) in [5.41, 5.74) is 0.646. The maximum Gasteiger partial charge on any atom is 0.237 e. The number of rotatable bonds is 4. The summed E-state index contributed by atoms with van der Waals surface area (Å²) in [6.07, 6.45) is 0.469. The number of likely N-dealkylation sites (N-methyl/N-ethyl adjacent to an activating group) is 1. The summed E-state index contributed by atoms with van der Waals surface area (Å²) < 4.78 is 25.5. The molecule has 2 nitrogen and oxygen atoms in total. The molecule has 0 radical (unpaired) electrons. The molecule has 5 heteroatoms. The largest absolute Gasteiger partial charge is 0.344 e. The summed E-state index contributed by atoms with van der Waals surface area (Å²) in [4.78, 5) is 12.6. The number of nitrogens with zero attached hydrogens (tertiary/aromatic N) is 1. The third kappa shape index (κ3) is 3.45. The summed E-state index contributed by atoms with van der Waals surface area (Å²) in [6, 6.07) is 3.71. The van der Waals surface area contributed by atoms with Crippen LogP contribution in [0.25, 0.3) is 0 Å². The highest BCUT2D eigenvalue weighted by atomic mass is 35.5. The number of alkyl halides is 1. The van der Waals surface area contributed by atoms with Crippen molar-refractivity contribution in [3.8, 4) is 0 Å². The molecule has 0 atom stereocenters. The van der Waals surface area contributed by atoms with E-state index in [0.717, 1.165) is 12.1 Å². The summed E-state index contributed by atoms with van der Waals surface area (Å²) in [7, 11) is 1.62. The minimum absolute atomic E-state index is 0.0751. The lowest BCUT2D eigenvalue weighted by Gasteiger charge is -2.15. The van der Waals surface area contributed by atoms with E-state index in [9.17, 15) is 13.6 Å². The van der Waals surface area contributed by atoms with Crippen LogP contribution in [0.3, 0.4) is 0 Å². The minimum Gasteiger partial charge on any atom is -0.344 e. The summed E-state index contributed by atoms with van der Waals surface area (Å²) in [5.74, 6) is -2.00. The molecule has 0 bridgehead atoms. The molecular weight excluding hydrogens is 236 g/mol. The van der Waals surface area contributed by atoms with E-state index in [2.05, 4.69) is 0 Å². The van der Waals surface area contributed by atoms with Gasteiger partial charge < -0.3 is 4.90 Å². The maximum atomic E-state index is 12.9. The number of benzene rings is 1. The van der Waals surface area contributed by atoms with Gasteiger partial charge in [0.25, 0.3) is 0 Å². The molecule has 0 aliphatic heterocycles. The van der Waals surface area contributed by atoms with Gasteiger partial charge in [-0.25, -0.2) is 8.78 Å². The molecule has 16 heavy (non-hydrogen) atoms. The zero-order valence-electron chi connectivity index (χ0n) is 8.84. The van der Waals surface area contributed by atoms with Crippen LogP contribution >= 0.6 is 11.6 Å². The van der Waals surface area contributed by atoms with Gasteiger partial charge >= 0.3 is 0 Å². The molecule has 0 spiro atoms. The summed E-state index contributed by atoms with van der Waals surface area (Å²) in [6.45, 7) is 0.427. The van der Waals surface area contributed by atoms with Crippen molar-refractivity contribution in [1.29, 1.82) is 0 Å². The van der Waals surface area contributed by atoms with Gasteiger partial charge in [-0.1, -0.05) is 6.07 Å². The monoisotopic (exact) mass is 247 g/mol. The Morgan fingerprint density at radius 2 is 2.06 bits per heavy atom. The van der Waals surface area contributed by atoms with Gasteiger partial charge in [0.1, 0.15) is 5.88 Å². The number of halogens is 3. The van der Waals surface area contributed by atoms with Gasteiger partial charge in [0, 0.05) is 13.6 Å². The van der Waals surface area contributed by atoms with E-state index in [0.29, 0.717) is 18.5 Å². The number of carbonyl (C=O) groups excluding carboxylic acids is 1. The first-order valence-electron chi connectivity index (χ1n) is 4.78. The lowest BCUT2D eigenvalue weighted by molar-refractivity contribution is -0.127. The topological polar surface area (TPSA) is 20.3 Å². The SMILES string of the molecule is CN(CCc1ccc(F)c(F)c1)C(=O)CCl. The van der Waals surface area contributed by atoms with E-state index >= 15 is 0 Å². The van der Waals surface area contributed by atoms with Crippen molar-refractivity contribution in [1.82, 2.24) is 4.90 Å². The van der Waals surface area contributed by atoms with Crippen LogP contribution in [0.2, 0.25) is 0 Å². The lowest BCUT2D eigenvalue weighted by atomic mass is 10.1. The van der Waals surface area contributed by atoms with Gasteiger partial charge in [0.05, 0.1) is 0 Å². The molecule has 0 heterocycles. The second-order valence-electron chi connectivity index (χ2n) is 3.45. The Hall–Kier alpha value is -1.16. The molecule has 0 unspecified atom stereocenters. The van der Waals surface area contributed by atoms with Crippen molar-refractivity contribution in [2.24, 2.45) is 0 Å². The Morgan fingerprint density at radius 3 is 2.62 bits per heavy atom. The van der Waals surface area contributed by atoms with Crippen LogP contribution in [0.1, 0.15) is 5.56 Å². The molecule has 88 valence electrons. The fourth-order valence-electron chi connectivity index (χ4n) is 1.22. The highest BCUT2D eigenvalue weighted by Crippen LogP contribution is 2.09. The Morgan fingerprint density at radius 1 is 1.38 bits per heavy atom. The second kappa shape index (κ2) is 5.80. The smallest absolute Gasteiger partial charge is 0.237 e. The van der Waals surface area contributed by atoms with Crippen LogP contribution in [0.5, 0.6) is 0 Å². The first-order valence-corrected chi connectivity index (χ1v) is 5.32. The first-order chi connectivity index (χ1) is 7.54. The fourth-order valence-corrected chi connectivity index (χ4v) is 1.42. The standard InChI is InChI=1S/C11H12ClF2NO/c1-15(11(16)7-12)5-4-8-2-3-9(13)10(14)6-8/h2-3,6H,4-5,7H2,1H3. The predicted molar refractivity (Wildman–Crippen MR) is 58.4 cm³/mol. The van der Waals surface area contributed by atoms with Crippen LogP contribution in [-0.2, 0) is 11.2 Å². The third-order valence-corrected chi connectivity index (χ3v) is 2.49. The van der Waals surface area contributed by atoms with Crippen molar-refractivity contribution in [2.75, 3.05) is 19.5 Å². The van der Waals surface area contributed by atoms with Crippen molar-refractivity contribution in [2.45, 2.75) is 6.42 Å². The van der Waals surface area contributed by atoms with E-state index < -0.39 is 11.6 Å². The lowest BCUT2D eigenvalue weighted by Crippen LogP contribution is -2.29. The Bertz CT molecular complexity index is 384. The molecule has 1 rings (SSSR count). The quantitative estimate of drug-likeness (QED) is 0.747. The van der Waals surface area contributed by atoms with Crippen LogP contribution in [0.15, 0.2) is 18.2 Å². The predicted octanol–water partition coefficient (Wildman–Crippen LogP) is 2.20. The summed E-state index contributed by atoms with van der Waals surface area (Å²) in [5, 5.41) is 0. The number of carbonyl (C=O) groups is 1. The van der Waals surface area contributed by atoms with E-state index in [1.807, 2.05) is 0 Å². The molecule has 1 amide bonds. The van der Waals surface area contributed by atoms with Gasteiger partial charge in [0.2, 0.25) is 5.91 Å². The molecule has 0 aliphatic carbocycles. The minimum atomic E-state index is -0.871. The van der Waals surface area contributed by atoms with Gasteiger partial charge in [-0.15, -0.1) is 11.6 Å².